The standard InChI is InChI=1S/C27H33NO4Si/c1-6-32-23(29)15-18-12-13-20(33(3,4)5)16-21-17(2)14-22-25(24(18)21)27(31)28(26(22)30)19-10-8-7-9-11-19/h7-11,15-16,22,24-25H,6,12-14H2,1-5H3/b18-15+. The summed E-state index contributed by atoms with van der Waals surface area (Å²) >= 11 is 0. The van der Waals surface area contributed by atoms with Crippen LogP contribution in [0.15, 0.2) is 64.4 Å². The highest BCUT2D eigenvalue weighted by molar-refractivity contribution is 6.83. The summed E-state index contributed by atoms with van der Waals surface area (Å²) in [5, 5.41) is 1.43. The third-order valence-corrected chi connectivity index (χ3v) is 9.49. The molecule has 0 saturated carbocycles. The molecule has 1 aliphatic heterocycles. The number of imide groups is 1. The highest BCUT2D eigenvalue weighted by Gasteiger charge is 2.55. The summed E-state index contributed by atoms with van der Waals surface area (Å²) in [6.07, 6.45) is 6.04. The number of rotatable bonds is 4. The van der Waals surface area contributed by atoms with Crippen LogP contribution in [0.5, 0.6) is 0 Å². The molecule has 3 unspecified atom stereocenters. The molecule has 6 heteroatoms. The van der Waals surface area contributed by atoms with Crippen molar-refractivity contribution in [2.75, 3.05) is 11.5 Å². The quantitative estimate of drug-likeness (QED) is 0.266. The highest BCUT2D eigenvalue weighted by Crippen LogP contribution is 2.51. The lowest BCUT2D eigenvalue weighted by molar-refractivity contribution is -0.137. The van der Waals surface area contributed by atoms with Gasteiger partial charge in [0.05, 0.1) is 32.2 Å². The van der Waals surface area contributed by atoms with Gasteiger partial charge in [-0.2, -0.15) is 0 Å². The fourth-order valence-electron chi connectivity index (χ4n) is 5.50. The number of para-hydroxylation sites is 1. The van der Waals surface area contributed by atoms with Crippen LogP contribution in [0.1, 0.15) is 33.1 Å². The maximum atomic E-state index is 13.8. The first-order chi connectivity index (χ1) is 15.6. The summed E-state index contributed by atoms with van der Waals surface area (Å²) in [5.41, 5.74) is 3.80. The number of hydrogen-bond donors (Lipinski definition) is 0. The number of carbonyl (C=O) groups is 3. The summed E-state index contributed by atoms with van der Waals surface area (Å²) in [7, 11) is -1.59. The number of fused-ring (bicyclic) bond motifs is 3. The molecular weight excluding hydrogens is 430 g/mol. The number of esters is 1. The first-order valence-electron chi connectivity index (χ1n) is 11.8. The number of nitrogens with zero attached hydrogens (tertiary/aromatic N) is 1. The predicted octanol–water partition coefficient (Wildman–Crippen LogP) is 5.22. The SMILES string of the molecule is CCOC(=O)/C=C1\CCC([Si](C)(C)C)=CC2=C(C)CC3C(=O)N(c4ccccc4)C(=O)C3C21. The van der Waals surface area contributed by atoms with Crippen molar-refractivity contribution >= 4 is 31.5 Å². The minimum absolute atomic E-state index is 0.135. The van der Waals surface area contributed by atoms with Crippen molar-refractivity contribution in [3.63, 3.8) is 0 Å². The largest absolute Gasteiger partial charge is 0.463 e. The van der Waals surface area contributed by atoms with Crippen LogP contribution in [-0.2, 0) is 19.1 Å². The smallest absolute Gasteiger partial charge is 0.330 e. The lowest BCUT2D eigenvalue weighted by Crippen LogP contribution is -2.34. The zero-order valence-electron chi connectivity index (χ0n) is 20.2. The molecule has 4 rings (SSSR count). The van der Waals surface area contributed by atoms with Crippen molar-refractivity contribution in [3.05, 3.63) is 64.4 Å². The van der Waals surface area contributed by atoms with Crippen molar-refractivity contribution in [2.24, 2.45) is 17.8 Å². The predicted molar refractivity (Wildman–Crippen MR) is 132 cm³/mol. The van der Waals surface area contributed by atoms with Crippen LogP contribution >= 0.6 is 0 Å². The molecule has 2 amide bonds. The summed E-state index contributed by atoms with van der Waals surface area (Å²) in [6, 6.07) is 9.17. The number of ether oxygens (including phenoxy) is 1. The second kappa shape index (κ2) is 8.90. The Morgan fingerprint density at radius 3 is 2.45 bits per heavy atom. The molecule has 1 aromatic carbocycles. The van der Waals surface area contributed by atoms with Crippen molar-refractivity contribution in [1.82, 2.24) is 0 Å². The van der Waals surface area contributed by atoms with Gasteiger partial charge in [0.2, 0.25) is 11.8 Å². The third kappa shape index (κ3) is 4.28. The molecule has 0 spiro atoms. The van der Waals surface area contributed by atoms with Gasteiger partial charge in [0.1, 0.15) is 0 Å². The van der Waals surface area contributed by atoms with Crippen LogP contribution in [0.3, 0.4) is 0 Å². The molecule has 0 radical (unpaired) electrons. The Morgan fingerprint density at radius 1 is 1.12 bits per heavy atom. The van der Waals surface area contributed by atoms with Gasteiger partial charge in [-0.05, 0) is 50.8 Å². The number of amides is 2. The van der Waals surface area contributed by atoms with Gasteiger partial charge in [0, 0.05) is 12.0 Å². The van der Waals surface area contributed by atoms with Gasteiger partial charge < -0.3 is 4.74 Å². The molecule has 3 aliphatic rings. The van der Waals surface area contributed by atoms with Gasteiger partial charge in [-0.25, -0.2) is 4.79 Å². The topological polar surface area (TPSA) is 63.7 Å². The second-order valence-corrected chi connectivity index (χ2v) is 15.4. The minimum Gasteiger partial charge on any atom is -0.463 e. The summed E-state index contributed by atoms with van der Waals surface area (Å²) in [6.45, 7) is 11.2. The number of anilines is 1. The van der Waals surface area contributed by atoms with Gasteiger partial charge in [-0.1, -0.05) is 60.3 Å². The number of benzene rings is 1. The van der Waals surface area contributed by atoms with Crippen molar-refractivity contribution < 1.29 is 19.1 Å². The van der Waals surface area contributed by atoms with Crippen LogP contribution in [0, 0.1) is 17.8 Å². The Morgan fingerprint density at radius 2 is 1.82 bits per heavy atom. The second-order valence-electron chi connectivity index (χ2n) is 10.3. The van der Waals surface area contributed by atoms with Gasteiger partial charge in [-0.3, -0.25) is 14.5 Å². The third-order valence-electron chi connectivity index (χ3n) is 7.17. The monoisotopic (exact) mass is 463 g/mol. The number of allylic oxidation sites excluding steroid dienone is 5. The molecule has 174 valence electrons. The fourth-order valence-corrected chi connectivity index (χ4v) is 6.97. The van der Waals surface area contributed by atoms with Gasteiger partial charge in [0.15, 0.2) is 0 Å². The Labute approximate surface area is 197 Å². The molecule has 0 aromatic heterocycles. The number of hydrogen-bond acceptors (Lipinski definition) is 4. The van der Waals surface area contributed by atoms with Crippen LogP contribution in [0.4, 0.5) is 5.69 Å². The van der Waals surface area contributed by atoms with Crippen molar-refractivity contribution in [3.8, 4) is 0 Å². The molecule has 2 aliphatic carbocycles. The van der Waals surface area contributed by atoms with Gasteiger partial charge in [-0.15, -0.1) is 0 Å². The summed E-state index contributed by atoms with van der Waals surface area (Å²) in [4.78, 5) is 41.1. The van der Waals surface area contributed by atoms with Gasteiger partial charge in [0.25, 0.3) is 0 Å². The van der Waals surface area contributed by atoms with E-state index < -0.39 is 19.9 Å². The molecule has 33 heavy (non-hydrogen) atoms. The molecule has 1 fully saturated rings. The van der Waals surface area contributed by atoms with Crippen molar-refractivity contribution in [1.29, 1.82) is 0 Å². The Kier molecular flexibility index (Phi) is 6.32. The van der Waals surface area contributed by atoms with Crippen LogP contribution < -0.4 is 4.90 Å². The first-order valence-corrected chi connectivity index (χ1v) is 15.3. The summed E-state index contributed by atoms with van der Waals surface area (Å²) < 4.78 is 5.23. The van der Waals surface area contributed by atoms with E-state index in [1.807, 2.05) is 18.2 Å². The van der Waals surface area contributed by atoms with Crippen LogP contribution in [0.25, 0.3) is 0 Å². The number of carbonyl (C=O) groups excluding carboxylic acids is 3. The Bertz CT molecular complexity index is 1080. The molecule has 0 N–H and O–H groups in total. The zero-order valence-corrected chi connectivity index (χ0v) is 21.2. The fraction of sp³-hybridized carbons (Fsp3) is 0.444. The molecular formula is C27H33NO4Si. The van der Waals surface area contributed by atoms with E-state index in [1.165, 1.54) is 10.1 Å². The maximum absolute atomic E-state index is 13.8. The summed E-state index contributed by atoms with van der Waals surface area (Å²) in [5.74, 6) is -1.84. The molecule has 5 nitrogen and oxygen atoms in total. The van der Waals surface area contributed by atoms with E-state index in [9.17, 15) is 14.4 Å². The van der Waals surface area contributed by atoms with Gasteiger partial charge >= 0.3 is 5.97 Å². The lowest BCUT2D eigenvalue weighted by Gasteiger charge is -2.34. The Hall–Kier alpha value is -2.73. The van der Waals surface area contributed by atoms with E-state index in [1.54, 1.807) is 25.1 Å². The molecule has 0 bridgehead atoms. The van der Waals surface area contributed by atoms with Crippen LogP contribution in [-0.4, -0.2) is 32.5 Å². The van der Waals surface area contributed by atoms with E-state index in [-0.39, 0.29) is 23.7 Å². The average Bonchev–Trinajstić information content (AvgIpc) is 2.89. The highest BCUT2D eigenvalue weighted by atomic mass is 28.3. The minimum atomic E-state index is -1.59. The maximum Gasteiger partial charge on any atom is 0.330 e. The van der Waals surface area contributed by atoms with E-state index >= 15 is 0 Å². The molecule has 1 aromatic rings. The molecule has 3 atom stereocenters. The first kappa shape index (κ1) is 23.4. The average molecular weight is 464 g/mol. The van der Waals surface area contributed by atoms with E-state index in [2.05, 4.69) is 32.6 Å². The van der Waals surface area contributed by atoms with Crippen LogP contribution in [0.2, 0.25) is 19.6 Å². The zero-order chi connectivity index (χ0) is 23.9. The normalized spacial score (nSPS) is 26.7. The molecule has 1 saturated heterocycles. The van der Waals surface area contributed by atoms with E-state index in [0.717, 1.165) is 23.1 Å². The van der Waals surface area contributed by atoms with E-state index in [4.69, 9.17) is 4.74 Å². The van der Waals surface area contributed by atoms with Crippen molar-refractivity contribution in [2.45, 2.75) is 52.8 Å². The van der Waals surface area contributed by atoms with E-state index in [0.29, 0.717) is 25.1 Å². The molecule has 1 heterocycles. The lowest BCUT2D eigenvalue weighted by atomic mass is 9.67. The Balaban J connectivity index is 1.85.